The van der Waals surface area contributed by atoms with Gasteiger partial charge in [-0.1, -0.05) is 0 Å². The molecule has 4 nitrogen and oxygen atoms in total. The number of hydrogen-bond donors (Lipinski definition) is 0. The molecular formula is C6H5N3O. The van der Waals surface area contributed by atoms with Crippen molar-refractivity contribution >= 4 is 18.2 Å². The summed E-state index contributed by atoms with van der Waals surface area (Å²) in [5.41, 5.74) is 0.634. The van der Waals surface area contributed by atoms with E-state index in [1.165, 1.54) is 0 Å². The second-order valence-electron chi connectivity index (χ2n) is 1.84. The molecule has 0 aliphatic carbocycles. The van der Waals surface area contributed by atoms with Gasteiger partial charge in [-0.05, 0) is 6.72 Å². The topological polar surface area (TPSA) is 42.8 Å². The molecule has 0 N–H and O–H groups in total. The smallest absolute Gasteiger partial charge is 0.250 e. The maximum Gasteiger partial charge on any atom is 0.250 e. The van der Waals surface area contributed by atoms with Gasteiger partial charge in [0.1, 0.15) is 12.6 Å². The van der Waals surface area contributed by atoms with E-state index in [1.807, 2.05) is 0 Å². The van der Waals surface area contributed by atoms with Crippen LogP contribution in [0.15, 0.2) is 28.2 Å². The second-order valence-corrected chi connectivity index (χ2v) is 1.84. The van der Waals surface area contributed by atoms with Gasteiger partial charge in [-0.2, -0.15) is 0 Å². The van der Waals surface area contributed by atoms with E-state index in [2.05, 4.69) is 16.7 Å². The molecule has 0 spiro atoms. The van der Waals surface area contributed by atoms with Gasteiger partial charge in [0.25, 0.3) is 0 Å². The average molecular weight is 135 g/mol. The molecule has 0 atom stereocenters. The molecule has 0 aliphatic rings. The van der Waals surface area contributed by atoms with E-state index < -0.39 is 0 Å². The molecule has 0 unspecified atom stereocenters. The summed E-state index contributed by atoms with van der Waals surface area (Å²) in [6, 6.07) is 0. The molecule has 0 saturated heterocycles. The van der Waals surface area contributed by atoms with Crippen molar-refractivity contribution in [3.8, 4) is 0 Å². The highest BCUT2D eigenvalue weighted by atomic mass is 16.3. The summed E-state index contributed by atoms with van der Waals surface area (Å²) in [7, 11) is 0. The van der Waals surface area contributed by atoms with E-state index in [-0.39, 0.29) is 0 Å². The fraction of sp³-hybridized carbons (Fsp3) is 0. The molecule has 50 valence electrons. The van der Waals surface area contributed by atoms with Gasteiger partial charge in [0.2, 0.25) is 11.5 Å². The van der Waals surface area contributed by atoms with Gasteiger partial charge in [-0.3, -0.25) is 4.40 Å². The summed E-state index contributed by atoms with van der Waals surface area (Å²) in [4.78, 5) is 7.57. The zero-order valence-electron chi connectivity index (χ0n) is 5.19. The standard InChI is InChI=1S/C6H5N3O/c1-7-5-6-9(4-8-5)2-3-10-6/h2-4H,1H2. The van der Waals surface area contributed by atoms with Gasteiger partial charge >= 0.3 is 0 Å². The van der Waals surface area contributed by atoms with E-state index >= 15 is 0 Å². The SMILES string of the molecule is C=Nc1ncn2ccoc12. The molecule has 0 saturated carbocycles. The van der Waals surface area contributed by atoms with Crippen LogP contribution in [0.25, 0.3) is 5.71 Å². The number of rotatable bonds is 1. The predicted molar refractivity (Wildman–Crippen MR) is 36.7 cm³/mol. The third kappa shape index (κ3) is 0.500. The van der Waals surface area contributed by atoms with E-state index in [9.17, 15) is 0 Å². The Morgan fingerprint density at radius 3 is 3.40 bits per heavy atom. The Hall–Kier alpha value is -1.58. The van der Waals surface area contributed by atoms with E-state index in [4.69, 9.17) is 4.42 Å². The Morgan fingerprint density at radius 2 is 2.60 bits per heavy atom. The fourth-order valence-corrected chi connectivity index (χ4v) is 0.829. The molecule has 0 bridgehead atoms. The van der Waals surface area contributed by atoms with Crippen molar-refractivity contribution in [2.75, 3.05) is 0 Å². The minimum absolute atomic E-state index is 0.532. The molecule has 0 aromatic carbocycles. The number of oxazole rings is 1. The molecule has 10 heavy (non-hydrogen) atoms. The molecule has 2 aromatic heterocycles. The normalized spacial score (nSPS) is 10.4. The van der Waals surface area contributed by atoms with Crippen molar-refractivity contribution in [2.24, 2.45) is 4.99 Å². The third-order valence-corrected chi connectivity index (χ3v) is 1.28. The first-order chi connectivity index (χ1) is 4.92. The Kier molecular flexibility index (Phi) is 0.887. The van der Waals surface area contributed by atoms with E-state index in [0.717, 1.165) is 0 Å². The van der Waals surface area contributed by atoms with Crippen LogP contribution in [0.3, 0.4) is 0 Å². The van der Waals surface area contributed by atoms with Crippen LogP contribution in [0.5, 0.6) is 0 Å². The van der Waals surface area contributed by atoms with Crippen LogP contribution in [0.4, 0.5) is 5.82 Å². The van der Waals surface area contributed by atoms with E-state index in [0.29, 0.717) is 11.5 Å². The van der Waals surface area contributed by atoms with Gasteiger partial charge < -0.3 is 4.42 Å². The lowest BCUT2D eigenvalue weighted by Crippen LogP contribution is -1.66. The number of aliphatic imine (C=N–C) groups is 1. The minimum atomic E-state index is 0.532. The Bertz CT molecular complexity index is 360. The summed E-state index contributed by atoms with van der Waals surface area (Å²) in [6.07, 6.45) is 4.96. The number of hydrogen-bond acceptors (Lipinski definition) is 3. The van der Waals surface area contributed by atoms with Crippen LogP contribution < -0.4 is 0 Å². The number of nitrogens with zero attached hydrogens (tertiary/aromatic N) is 3. The first kappa shape index (κ1) is 5.22. The van der Waals surface area contributed by atoms with Crippen molar-refractivity contribution in [2.45, 2.75) is 0 Å². The van der Waals surface area contributed by atoms with Gasteiger partial charge in [0.05, 0.1) is 0 Å². The van der Waals surface area contributed by atoms with Crippen LogP contribution in [0.1, 0.15) is 0 Å². The molecule has 2 heterocycles. The lowest BCUT2D eigenvalue weighted by atomic mass is 10.7. The zero-order chi connectivity index (χ0) is 6.97. The number of fused-ring (bicyclic) bond motifs is 1. The van der Waals surface area contributed by atoms with Crippen molar-refractivity contribution in [3.63, 3.8) is 0 Å². The third-order valence-electron chi connectivity index (χ3n) is 1.28. The molecule has 2 rings (SSSR count). The molecule has 2 aromatic rings. The van der Waals surface area contributed by atoms with Crippen LogP contribution in [-0.2, 0) is 0 Å². The van der Waals surface area contributed by atoms with Crippen molar-refractivity contribution in [1.82, 2.24) is 9.38 Å². The van der Waals surface area contributed by atoms with Gasteiger partial charge in [-0.15, -0.1) is 0 Å². The fourth-order valence-electron chi connectivity index (χ4n) is 0.829. The molecule has 0 fully saturated rings. The lowest BCUT2D eigenvalue weighted by molar-refractivity contribution is 0.609. The van der Waals surface area contributed by atoms with E-state index in [1.54, 1.807) is 23.2 Å². The van der Waals surface area contributed by atoms with Crippen molar-refractivity contribution in [1.29, 1.82) is 0 Å². The van der Waals surface area contributed by atoms with Crippen LogP contribution >= 0.6 is 0 Å². The van der Waals surface area contributed by atoms with Crippen LogP contribution in [-0.4, -0.2) is 16.1 Å². The van der Waals surface area contributed by atoms with Crippen molar-refractivity contribution < 1.29 is 4.42 Å². The Balaban J connectivity index is 2.88. The monoisotopic (exact) mass is 135 g/mol. The highest BCUT2D eigenvalue weighted by Gasteiger charge is 2.02. The predicted octanol–water partition coefficient (Wildman–Crippen LogP) is 1.26. The Morgan fingerprint density at radius 1 is 1.70 bits per heavy atom. The molecular weight excluding hydrogens is 130 g/mol. The summed E-state index contributed by atoms with van der Waals surface area (Å²) in [6.45, 7) is 3.35. The molecule has 0 aliphatic heterocycles. The summed E-state index contributed by atoms with van der Waals surface area (Å²) < 4.78 is 6.79. The largest absolute Gasteiger partial charge is 0.443 e. The maximum atomic E-state index is 5.05. The summed E-state index contributed by atoms with van der Waals surface area (Å²) in [5.74, 6) is 0.532. The van der Waals surface area contributed by atoms with Crippen LogP contribution in [0.2, 0.25) is 0 Å². The Labute approximate surface area is 56.8 Å². The number of aromatic nitrogens is 2. The quantitative estimate of drug-likeness (QED) is 0.552. The molecule has 4 heteroatoms. The highest BCUT2D eigenvalue weighted by molar-refractivity contribution is 5.59. The lowest BCUT2D eigenvalue weighted by Gasteiger charge is -1.77. The zero-order valence-corrected chi connectivity index (χ0v) is 5.19. The minimum Gasteiger partial charge on any atom is -0.443 e. The number of imidazole rings is 1. The van der Waals surface area contributed by atoms with Crippen molar-refractivity contribution in [3.05, 3.63) is 18.8 Å². The second kappa shape index (κ2) is 1.70. The highest BCUT2D eigenvalue weighted by Crippen LogP contribution is 2.16. The summed E-state index contributed by atoms with van der Waals surface area (Å²) in [5, 5.41) is 0. The average Bonchev–Trinajstić information content (AvgIpc) is 2.44. The van der Waals surface area contributed by atoms with Gasteiger partial charge in [0, 0.05) is 6.20 Å². The van der Waals surface area contributed by atoms with Gasteiger partial charge in [-0.25, -0.2) is 9.98 Å². The van der Waals surface area contributed by atoms with Crippen LogP contribution in [0, 0.1) is 0 Å². The molecule has 0 amide bonds. The van der Waals surface area contributed by atoms with Gasteiger partial charge in [0.15, 0.2) is 0 Å². The summed E-state index contributed by atoms with van der Waals surface area (Å²) >= 11 is 0. The first-order valence-corrected chi connectivity index (χ1v) is 2.78. The maximum absolute atomic E-state index is 5.05. The molecule has 0 radical (unpaired) electrons. The first-order valence-electron chi connectivity index (χ1n) is 2.78.